The first-order chi connectivity index (χ1) is 11.9. The minimum absolute atomic E-state index is 0.119. The molecule has 136 valence electrons. The average molecular weight is 352 g/mol. The maximum Gasteiger partial charge on any atom is 0.217 e. The molecule has 11 heteroatoms. The Morgan fingerprint density at radius 1 is 1.32 bits per heavy atom. The number of aliphatic hydroxyl groups is 3. The fourth-order valence-corrected chi connectivity index (χ4v) is 2.94. The topological polar surface area (TPSA) is 183 Å². The summed E-state index contributed by atoms with van der Waals surface area (Å²) in [6.45, 7) is 0. The summed E-state index contributed by atoms with van der Waals surface area (Å²) >= 11 is 0. The third-order valence-electron chi connectivity index (χ3n) is 4.24. The number of fused-ring (bicyclic) bond motifs is 1. The van der Waals surface area contributed by atoms with Crippen molar-refractivity contribution in [2.75, 3.05) is 5.73 Å². The third kappa shape index (κ3) is 3.26. The molecule has 1 fully saturated rings. The molecule has 0 radical (unpaired) electrons. The molecule has 5 atom stereocenters. The Hall–Kier alpha value is -2.34. The first-order valence-electron chi connectivity index (χ1n) is 7.81. The normalized spacial score (nSPS) is 27.6. The predicted octanol–water partition coefficient (Wildman–Crippen LogP) is -1.96. The number of aromatic nitrogens is 4. The summed E-state index contributed by atoms with van der Waals surface area (Å²) in [7, 11) is 0. The van der Waals surface area contributed by atoms with Gasteiger partial charge in [-0.2, -0.15) is 0 Å². The average Bonchev–Trinajstić information content (AvgIpc) is 3.10. The molecule has 0 aliphatic carbocycles. The van der Waals surface area contributed by atoms with Gasteiger partial charge in [0.2, 0.25) is 5.91 Å². The van der Waals surface area contributed by atoms with Gasteiger partial charge in [-0.3, -0.25) is 9.36 Å². The van der Waals surface area contributed by atoms with Crippen LogP contribution in [0.15, 0.2) is 12.7 Å². The van der Waals surface area contributed by atoms with Crippen LogP contribution in [0.25, 0.3) is 11.2 Å². The summed E-state index contributed by atoms with van der Waals surface area (Å²) in [5, 5.41) is 30.7. The Balaban J connectivity index is 1.77. The van der Waals surface area contributed by atoms with Crippen molar-refractivity contribution in [3.63, 3.8) is 0 Å². The molecule has 0 saturated carbocycles. The van der Waals surface area contributed by atoms with Gasteiger partial charge in [0.1, 0.15) is 30.2 Å². The molecule has 3 heterocycles. The Labute approximate surface area is 142 Å². The van der Waals surface area contributed by atoms with E-state index in [1.165, 1.54) is 17.2 Å². The number of hydrogen-bond donors (Lipinski definition) is 5. The second-order valence-corrected chi connectivity index (χ2v) is 5.98. The summed E-state index contributed by atoms with van der Waals surface area (Å²) in [6, 6.07) is 0. The largest absolute Gasteiger partial charge is 0.390 e. The van der Waals surface area contributed by atoms with Crippen LogP contribution in [0, 0.1) is 0 Å². The van der Waals surface area contributed by atoms with Crippen LogP contribution < -0.4 is 11.5 Å². The zero-order chi connectivity index (χ0) is 18.1. The molecule has 1 unspecified atom stereocenters. The number of anilines is 1. The van der Waals surface area contributed by atoms with Crippen LogP contribution in [-0.4, -0.2) is 65.2 Å². The lowest BCUT2D eigenvalue weighted by Gasteiger charge is -2.20. The summed E-state index contributed by atoms with van der Waals surface area (Å²) in [5.41, 5.74) is 11.5. The summed E-state index contributed by atoms with van der Waals surface area (Å²) in [5.74, 6) is -0.292. The molecule has 0 bridgehead atoms. The Kier molecular flexibility index (Phi) is 4.81. The Morgan fingerprint density at radius 2 is 2.08 bits per heavy atom. The fraction of sp³-hybridized carbons (Fsp3) is 0.571. The van der Waals surface area contributed by atoms with Crippen molar-refractivity contribution in [2.45, 2.75) is 49.9 Å². The summed E-state index contributed by atoms with van der Waals surface area (Å²) in [6.07, 6.45) is -2.41. The van der Waals surface area contributed by atoms with Gasteiger partial charge in [-0.05, 0) is 12.8 Å². The number of carbonyl (C=O) groups is 1. The van der Waals surface area contributed by atoms with Crippen LogP contribution in [0.2, 0.25) is 0 Å². The number of nitrogens with two attached hydrogens (primary N) is 2. The standard InChI is InChI=1S/C14H20N6O5/c15-7(22)3-1-2-6(21)11-9(23)10(24)14(25-11)20-5-19-8-12(16)17-4-18-13(8)20/h4-6,9-11,14,21,23-24H,1-3H2,(H2,15,22)(H2,16,17,18)/t6?,9-,10+,11+,14+/m0/s1. The van der Waals surface area contributed by atoms with Crippen molar-refractivity contribution in [1.82, 2.24) is 19.5 Å². The highest BCUT2D eigenvalue weighted by Crippen LogP contribution is 2.34. The predicted molar refractivity (Wildman–Crippen MR) is 84.7 cm³/mol. The highest BCUT2D eigenvalue weighted by molar-refractivity contribution is 5.81. The van der Waals surface area contributed by atoms with E-state index in [2.05, 4.69) is 15.0 Å². The van der Waals surface area contributed by atoms with Crippen molar-refractivity contribution in [1.29, 1.82) is 0 Å². The lowest BCUT2D eigenvalue weighted by Crippen LogP contribution is -2.38. The molecule has 11 nitrogen and oxygen atoms in total. The third-order valence-corrected chi connectivity index (χ3v) is 4.24. The number of nitrogen functional groups attached to an aromatic ring is 1. The van der Waals surface area contributed by atoms with Crippen LogP contribution in [-0.2, 0) is 9.53 Å². The van der Waals surface area contributed by atoms with E-state index in [-0.39, 0.29) is 18.7 Å². The molecule has 3 rings (SSSR count). The summed E-state index contributed by atoms with van der Waals surface area (Å²) in [4.78, 5) is 22.8. The first-order valence-corrected chi connectivity index (χ1v) is 7.81. The van der Waals surface area contributed by atoms with E-state index in [0.29, 0.717) is 17.6 Å². The van der Waals surface area contributed by atoms with E-state index >= 15 is 0 Å². The fourth-order valence-electron chi connectivity index (χ4n) is 2.94. The molecule has 2 aromatic heterocycles. The van der Waals surface area contributed by atoms with Gasteiger partial charge in [0.05, 0.1) is 12.4 Å². The maximum atomic E-state index is 10.8. The van der Waals surface area contributed by atoms with E-state index in [0.717, 1.165) is 0 Å². The monoisotopic (exact) mass is 352 g/mol. The van der Waals surface area contributed by atoms with Crippen molar-refractivity contribution in [3.05, 3.63) is 12.7 Å². The molecule has 1 aliphatic rings. The number of aliphatic hydroxyl groups excluding tert-OH is 3. The van der Waals surface area contributed by atoms with Gasteiger partial charge in [0.15, 0.2) is 17.7 Å². The minimum Gasteiger partial charge on any atom is -0.390 e. The SMILES string of the molecule is NC(=O)CCCC(O)[C@H]1O[C@@H](n2cnc3c(N)ncnc32)[C@H](O)[C@@H]1O. The van der Waals surface area contributed by atoms with Gasteiger partial charge < -0.3 is 31.5 Å². The van der Waals surface area contributed by atoms with Crippen LogP contribution in [0.4, 0.5) is 5.82 Å². The van der Waals surface area contributed by atoms with Gasteiger partial charge in [-0.25, -0.2) is 15.0 Å². The number of ether oxygens (including phenoxy) is 1. The summed E-state index contributed by atoms with van der Waals surface area (Å²) < 4.78 is 7.08. The van der Waals surface area contributed by atoms with Gasteiger partial charge in [-0.1, -0.05) is 0 Å². The van der Waals surface area contributed by atoms with Crippen LogP contribution in [0.1, 0.15) is 25.5 Å². The molecular formula is C14H20N6O5. The van der Waals surface area contributed by atoms with E-state index in [1.54, 1.807) is 0 Å². The lowest BCUT2D eigenvalue weighted by atomic mass is 10.0. The number of amides is 1. The smallest absolute Gasteiger partial charge is 0.217 e. The minimum atomic E-state index is -1.31. The number of primary amides is 1. The molecule has 0 aromatic carbocycles. The quantitative estimate of drug-likeness (QED) is 0.394. The van der Waals surface area contributed by atoms with Crippen LogP contribution in [0.5, 0.6) is 0 Å². The van der Waals surface area contributed by atoms with Gasteiger partial charge in [0, 0.05) is 6.42 Å². The van der Waals surface area contributed by atoms with Crippen molar-refractivity contribution in [3.8, 4) is 0 Å². The molecule has 2 aromatic rings. The van der Waals surface area contributed by atoms with Gasteiger partial charge in [0.25, 0.3) is 0 Å². The molecular weight excluding hydrogens is 332 g/mol. The van der Waals surface area contributed by atoms with Gasteiger partial charge >= 0.3 is 0 Å². The second-order valence-electron chi connectivity index (χ2n) is 5.98. The van der Waals surface area contributed by atoms with Gasteiger partial charge in [-0.15, -0.1) is 0 Å². The van der Waals surface area contributed by atoms with Crippen molar-refractivity contribution >= 4 is 22.9 Å². The molecule has 7 N–H and O–H groups in total. The molecule has 1 amide bonds. The second kappa shape index (κ2) is 6.88. The molecule has 1 aliphatic heterocycles. The molecule has 0 spiro atoms. The van der Waals surface area contributed by atoms with E-state index in [1.807, 2.05) is 0 Å². The number of nitrogens with zero attached hydrogens (tertiary/aromatic N) is 4. The first kappa shape index (κ1) is 17.5. The number of imidazole rings is 1. The lowest BCUT2D eigenvalue weighted by molar-refractivity contribution is -0.118. The van der Waals surface area contributed by atoms with Crippen molar-refractivity contribution in [2.24, 2.45) is 5.73 Å². The van der Waals surface area contributed by atoms with E-state index in [9.17, 15) is 20.1 Å². The highest BCUT2D eigenvalue weighted by Gasteiger charge is 2.47. The Morgan fingerprint density at radius 3 is 2.80 bits per heavy atom. The zero-order valence-corrected chi connectivity index (χ0v) is 13.3. The maximum absolute atomic E-state index is 10.8. The number of rotatable bonds is 6. The zero-order valence-electron chi connectivity index (χ0n) is 13.3. The number of hydrogen-bond acceptors (Lipinski definition) is 9. The Bertz CT molecular complexity index is 767. The van der Waals surface area contributed by atoms with Crippen molar-refractivity contribution < 1.29 is 24.9 Å². The molecule has 25 heavy (non-hydrogen) atoms. The number of carbonyl (C=O) groups excluding carboxylic acids is 1. The van der Waals surface area contributed by atoms with Crippen LogP contribution in [0.3, 0.4) is 0 Å². The molecule has 1 saturated heterocycles. The van der Waals surface area contributed by atoms with E-state index in [4.69, 9.17) is 16.2 Å². The van der Waals surface area contributed by atoms with Crippen LogP contribution >= 0.6 is 0 Å². The van der Waals surface area contributed by atoms with E-state index < -0.39 is 36.6 Å². The highest BCUT2D eigenvalue weighted by atomic mass is 16.6.